The van der Waals surface area contributed by atoms with Crippen LogP contribution in [0.4, 0.5) is 5.69 Å². The average Bonchev–Trinajstić information content (AvgIpc) is 2.88. The van der Waals surface area contributed by atoms with E-state index in [2.05, 4.69) is 42.0 Å². The molecule has 17 heavy (non-hydrogen) atoms. The first-order valence-corrected chi connectivity index (χ1v) is 6.13. The van der Waals surface area contributed by atoms with Crippen LogP contribution in [0.25, 0.3) is 0 Å². The number of benzene rings is 1. The molecule has 0 aliphatic rings. The van der Waals surface area contributed by atoms with E-state index in [9.17, 15) is 0 Å². The number of nitrogens with zero attached hydrogens (tertiary/aromatic N) is 1. The van der Waals surface area contributed by atoms with Gasteiger partial charge in [0.1, 0.15) is 0 Å². The Bertz CT molecular complexity index is 473. The Morgan fingerprint density at radius 3 is 2.29 bits per heavy atom. The van der Waals surface area contributed by atoms with E-state index in [0.29, 0.717) is 0 Å². The molecule has 2 nitrogen and oxygen atoms in total. The molecule has 1 heterocycles. The molecule has 0 unspecified atom stereocenters. The number of aliphatic imine (C=N–C) groups is 1. The fourth-order valence-corrected chi connectivity index (χ4v) is 1.94. The van der Waals surface area contributed by atoms with Crippen molar-refractivity contribution >= 4 is 11.9 Å². The largest absolute Gasteiger partial charge is 0.360 e. The predicted octanol–water partition coefficient (Wildman–Crippen LogP) is 3.89. The van der Waals surface area contributed by atoms with Crippen LogP contribution in [0.5, 0.6) is 0 Å². The van der Waals surface area contributed by atoms with Gasteiger partial charge in [0.2, 0.25) is 0 Å². The number of aromatic nitrogens is 1. The minimum Gasteiger partial charge on any atom is -0.360 e. The number of hydrogen-bond acceptors (Lipinski definition) is 1. The second-order valence-electron chi connectivity index (χ2n) is 4.02. The number of rotatable bonds is 4. The lowest BCUT2D eigenvalue weighted by Gasteiger charge is -2.07. The van der Waals surface area contributed by atoms with Crippen LogP contribution >= 0.6 is 0 Å². The third-order valence-corrected chi connectivity index (χ3v) is 2.92. The van der Waals surface area contributed by atoms with Gasteiger partial charge in [0.25, 0.3) is 0 Å². The lowest BCUT2D eigenvalue weighted by molar-refractivity contribution is 1.08. The SMILES string of the molecule is CCc1cccc(CC)c1N=Cc1ccc[nH]1. The molecular weight excluding hydrogens is 208 g/mol. The zero-order chi connectivity index (χ0) is 12.1. The van der Waals surface area contributed by atoms with E-state index in [1.165, 1.54) is 11.1 Å². The lowest BCUT2D eigenvalue weighted by Crippen LogP contribution is -1.89. The maximum Gasteiger partial charge on any atom is 0.0694 e. The summed E-state index contributed by atoms with van der Waals surface area (Å²) in [4.78, 5) is 7.77. The molecule has 2 aromatic rings. The second-order valence-corrected chi connectivity index (χ2v) is 4.02. The summed E-state index contributed by atoms with van der Waals surface area (Å²) in [5, 5.41) is 0. The van der Waals surface area contributed by atoms with Crippen LogP contribution in [-0.2, 0) is 12.8 Å². The van der Waals surface area contributed by atoms with Crippen molar-refractivity contribution in [1.82, 2.24) is 4.98 Å². The zero-order valence-corrected chi connectivity index (χ0v) is 10.4. The monoisotopic (exact) mass is 226 g/mol. The van der Waals surface area contributed by atoms with Gasteiger partial charge in [-0.25, -0.2) is 0 Å². The summed E-state index contributed by atoms with van der Waals surface area (Å²) < 4.78 is 0. The van der Waals surface area contributed by atoms with Crippen molar-refractivity contribution in [3.63, 3.8) is 0 Å². The van der Waals surface area contributed by atoms with Crippen LogP contribution in [0.1, 0.15) is 30.7 Å². The summed E-state index contributed by atoms with van der Waals surface area (Å²) in [7, 11) is 0. The van der Waals surface area contributed by atoms with Crippen molar-refractivity contribution < 1.29 is 0 Å². The molecule has 0 spiro atoms. The molecule has 1 aromatic heterocycles. The summed E-state index contributed by atoms with van der Waals surface area (Å²) in [6.45, 7) is 4.34. The van der Waals surface area contributed by atoms with E-state index in [-0.39, 0.29) is 0 Å². The average molecular weight is 226 g/mol. The molecule has 88 valence electrons. The summed E-state index contributed by atoms with van der Waals surface area (Å²) in [6.07, 6.45) is 5.85. The smallest absolute Gasteiger partial charge is 0.0694 e. The fourth-order valence-electron chi connectivity index (χ4n) is 1.94. The highest BCUT2D eigenvalue weighted by Gasteiger charge is 2.03. The summed E-state index contributed by atoms with van der Waals surface area (Å²) >= 11 is 0. The Morgan fingerprint density at radius 2 is 1.76 bits per heavy atom. The third kappa shape index (κ3) is 2.64. The number of H-pyrrole nitrogens is 1. The van der Waals surface area contributed by atoms with Crippen molar-refractivity contribution in [2.24, 2.45) is 4.99 Å². The summed E-state index contributed by atoms with van der Waals surface area (Å²) in [6, 6.07) is 10.4. The molecule has 2 rings (SSSR count). The molecule has 0 radical (unpaired) electrons. The van der Waals surface area contributed by atoms with Crippen molar-refractivity contribution in [3.05, 3.63) is 53.3 Å². The number of para-hydroxylation sites is 1. The van der Waals surface area contributed by atoms with Gasteiger partial charge in [-0.2, -0.15) is 0 Å². The van der Waals surface area contributed by atoms with Crippen molar-refractivity contribution in [2.45, 2.75) is 26.7 Å². The fraction of sp³-hybridized carbons (Fsp3) is 0.267. The van der Waals surface area contributed by atoms with E-state index in [1.54, 1.807) is 0 Å². The molecule has 0 saturated heterocycles. The maximum atomic E-state index is 4.63. The molecule has 0 atom stereocenters. The van der Waals surface area contributed by atoms with Gasteiger partial charge in [0.15, 0.2) is 0 Å². The Kier molecular flexibility index (Phi) is 3.76. The van der Waals surface area contributed by atoms with E-state index >= 15 is 0 Å². The minimum absolute atomic E-state index is 1.02. The van der Waals surface area contributed by atoms with Gasteiger partial charge in [-0.05, 0) is 36.1 Å². The molecule has 0 saturated carbocycles. The van der Waals surface area contributed by atoms with Gasteiger partial charge in [-0.3, -0.25) is 4.99 Å². The number of nitrogens with one attached hydrogen (secondary N) is 1. The van der Waals surface area contributed by atoms with Gasteiger partial charge >= 0.3 is 0 Å². The summed E-state index contributed by atoms with van der Waals surface area (Å²) in [5.41, 5.74) is 4.80. The Hall–Kier alpha value is -1.83. The first-order chi connectivity index (χ1) is 8.35. The van der Waals surface area contributed by atoms with Crippen LogP contribution in [0.15, 0.2) is 41.5 Å². The van der Waals surface area contributed by atoms with Crippen LogP contribution in [0.3, 0.4) is 0 Å². The van der Waals surface area contributed by atoms with E-state index in [1.807, 2.05) is 24.5 Å². The maximum absolute atomic E-state index is 4.63. The molecule has 0 aliphatic carbocycles. The van der Waals surface area contributed by atoms with E-state index in [4.69, 9.17) is 0 Å². The standard InChI is InChI=1S/C15H18N2/c1-3-12-7-5-8-13(4-2)15(12)17-11-14-9-6-10-16-14/h5-11,16H,3-4H2,1-2H3. The van der Waals surface area contributed by atoms with Crippen molar-refractivity contribution in [3.8, 4) is 0 Å². The molecule has 1 aromatic carbocycles. The quantitative estimate of drug-likeness (QED) is 0.766. The van der Waals surface area contributed by atoms with Gasteiger partial charge in [-0.15, -0.1) is 0 Å². The molecule has 0 aliphatic heterocycles. The van der Waals surface area contributed by atoms with Crippen LogP contribution in [0, 0.1) is 0 Å². The molecule has 1 N–H and O–H groups in total. The highest BCUT2D eigenvalue weighted by atomic mass is 14.8. The van der Waals surface area contributed by atoms with Gasteiger partial charge < -0.3 is 4.98 Å². The summed E-state index contributed by atoms with van der Waals surface area (Å²) in [5.74, 6) is 0. The number of aromatic amines is 1. The predicted molar refractivity (Wildman–Crippen MR) is 73.2 cm³/mol. The highest BCUT2D eigenvalue weighted by Crippen LogP contribution is 2.25. The highest BCUT2D eigenvalue weighted by molar-refractivity contribution is 5.80. The first-order valence-electron chi connectivity index (χ1n) is 6.13. The minimum atomic E-state index is 1.02. The second kappa shape index (κ2) is 5.48. The van der Waals surface area contributed by atoms with Crippen molar-refractivity contribution in [1.29, 1.82) is 0 Å². The van der Waals surface area contributed by atoms with Crippen molar-refractivity contribution in [2.75, 3.05) is 0 Å². The normalized spacial score (nSPS) is 11.2. The molecule has 0 bridgehead atoms. The Balaban J connectivity index is 2.36. The van der Waals surface area contributed by atoms with Crippen LogP contribution < -0.4 is 0 Å². The number of hydrogen-bond donors (Lipinski definition) is 1. The lowest BCUT2D eigenvalue weighted by atomic mass is 10.0. The van der Waals surface area contributed by atoms with Gasteiger partial charge in [0.05, 0.1) is 17.6 Å². The number of aryl methyl sites for hydroxylation is 2. The molecular formula is C15H18N2. The zero-order valence-electron chi connectivity index (χ0n) is 10.4. The van der Waals surface area contributed by atoms with Crippen LogP contribution in [0.2, 0.25) is 0 Å². The molecule has 0 amide bonds. The molecule has 2 heteroatoms. The molecule has 0 fully saturated rings. The van der Waals surface area contributed by atoms with E-state index in [0.717, 1.165) is 24.2 Å². The first kappa shape index (κ1) is 11.6. The van der Waals surface area contributed by atoms with Gasteiger partial charge in [-0.1, -0.05) is 32.0 Å². The Labute approximate surface area is 102 Å². The van der Waals surface area contributed by atoms with E-state index < -0.39 is 0 Å². The Morgan fingerprint density at radius 1 is 1.06 bits per heavy atom. The van der Waals surface area contributed by atoms with Crippen LogP contribution in [-0.4, -0.2) is 11.2 Å². The topological polar surface area (TPSA) is 28.1 Å². The van der Waals surface area contributed by atoms with Gasteiger partial charge in [0, 0.05) is 6.20 Å². The third-order valence-electron chi connectivity index (χ3n) is 2.92.